The van der Waals surface area contributed by atoms with Gasteiger partial charge in [-0.15, -0.1) is 0 Å². The molecule has 3 rings (SSSR count). The van der Waals surface area contributed by atoms with Crippen molar-refractivity contribution in [3.8, 4) is 6.07 Å². The zero-order chi connectivity index (χ0) is 17.6. The third-order valence-electron chi connectivity index (χ3n) is 4.58. The molecule has 0 radical (unpaired) electrons. The Balaban J connectivity index is 1.74. The topological polar surface area (TPSA) is 74.5 Å². The number of esters is 1. The standard InChI is InChI=1S/C19H20ClN3O2/c20-18-17(22-15-9-5-6-10-16(15)23-18)14(11-21)19(24)25-12-13-7-3-1-2-4-8-13/h5-6,9-10,13,22H,1-4,7-8,12H2/b17-14-. The van der Waals surface area contributed by atoms with Gasteiger partial charge in [-0.25, -0.2) is 9.79 Å². The predicted octanol–water partition coefficient (Wildman–Crippen LogP) is 4.67. The van der Waals surface area contributed by atoms with E-state index in [0.29, 0.717) is 23.9 Å². The second-order valence-electron chi connectivity index (χ2n) is 6.36. The number of ether oxygens (including phenoxy) is 1. The maximum Gasteiger partial charge on any atom is 0.351 e. The normalized spacial score (nSPS) is 19.6. The number of anilines is 1. The Hall–Kier alpha value is -2.32. The van der Waals surface area contributed by atoms with Gasteiger partial charge in [0.05, 0.1) is 18.0 Å². The van der Waals surface area contributed by atoms with Crippen LogP contribution in [0.1, 0.15) is 38.5 Å². The van der Waals surface area contributed by atoms with Crippen LogP contribution in [0.5, 0.6) is 0 Å². The molecule has 1 aromatic rings. The Morgan fingerprint density at radius 2 is 2.00 bits per heavy atom. The maximum atomic E-state index is 12.4. The number of rotatable bonds is 3. The number of hydrogen-bond acceptors (Lipinski definition) is 5. The monoisotopic (exact) mass is 357 g/mol. The molecule has 0 saturated heterocycles. The van der Waals surface area contributed by atoms with Gasteiger partial charge in [0.2, 0.25) is 0 Å². The molecule has 1 aliphatic heterocycles. The van der Waals surface area contributed by atoms with E-state index in [1.165, 1.54) is 25.7 Å². The van der Waals surface area contributed by atoms with Crippen LogP contribution < -0.4 is 5.32 Å². The van der Waals surface area contributed by atoms with Gasteiger partial charge in [-0.3, -0.25) is 0 Å². The number of carbonyl (C=O) groups excluding carboxylic acids is 1. The van der Waals surface area contributed by atoms with Crippen LogP contribution in [0.3, 0.4) is 0 Å². The second-order valence-corrected chi connectivity index (χ2v) is 6.72. The zero-order valence-corrected chi connectivity index (χ0v) is 14.7. The molecule has 2 aliphatic rings. The minimum atomic E-state index is -0.651. The van der Waals surface area contributed by atoms with Gasteiger partial charge in [0.25, 0.3) is 0 Å². The zero-order valence-electron chi connectivity index (χ0n) is 13.9. The summed E-state index contributed by atoms with van der Waals surface area (Å²) in [6, 6.07) is 9.21. The lowest BCUT2D eigenvalue weighted by Crippen LogP contribution is -2.21. The van der Waals surface area contributed by atoms with Gasteiger partial charge in [0, 0.05) is 0 Å². The Kier molecular flexibility index (Phi) is 5.72. The Morgan fingerprint density at radius 3 is 2.72 bits per heavy atom. The smallest absolute Gasteiger partial charge is 0.351 e. The minimum Gasteiger partial charge on any atom is -0.461 e. The molecule has 0 bridgehead atoms. The number of hydrogen-bond donors (Lipinski definition) is 1. The molecule has 0 spiro atoms. The summed E-state index contributed by atoms with van der Waals surface area (Å²) < 4.78 is 5.41. The average molecular weight is 358 g/mol. The number of fused-ring (bicyclic) bond motifs is 1. The minimum absolute atomic E-state index is 0.0849. The summed E-state index contributed by atoms with van der Waals surface area (Å²) in [6.45, 7) is 0.350. The first-order chi connectivity index (χ1) is 12.2. The van der Waals surface area contributed by atoms with Gasteiger partial charge in [-0.1, -0.05) is 49.4 Å². The third kappa shape index (κ3) is 4.21. The Labute approximate surface area is 152 Å². The van der Waals surface area contributed by atoms with Gasteiger partial charge in [0.15, 0.2) is 10.7 Å². The Morgan fingerprint density at radius 1 is 1.28 bits per heavy atom. The van der Waals surface area contributed by atoms with Crippen LogP contribution in [0.4, 0.5) is 11.4 Å². The number of nitrogens with one attached hydrogen (secondary N) is 1. The van der Waals surface area contributed by atoms with Crippen LogP contribution in [-0.2, 0) is 9.53 Å². The molecule has 1 heterocycles. The van der Waals surface area contributed by atoms with Crippen molar-refractivity contribution in [1.82, 2.24) is 0 Å². The van der Waals surface area contributed by atoms with E-state index >= 15 is 0 Å². The predicted molar refractivity (Wildman–Crippen MR) is 97.8 cm³/mol. The van der Waals surface area contributed by atoms with Crippen LogP contribution in [0.25, 0.3) is 0 Å². The van der Waals surface area contributed by atoms with Crippen LogP contribution in [-0.4, -0.2) is 17.7 Å². The Bertz CT molecular complexity index is 756. The van der Waals surface area contributed by atoms with E-state index in [1.807, 2.05) is 24.3 Å². The summed E-state index contributed by atoms with van der Waals surface area (Å²) in [6.07, 6.45) is 6.97. The van der Waals surface area contributed by atoms with Crippen molar-refractivity contribution in [2.75, 3.05) is 11.9 Å². The van der Waals surface area contributed by atoms with Crippen molar-refractivity contribution < 1.29 is 9.53 Å². The molecule has 1 aromatic carbocycles. The van der Waals surface area contributed by atoms with Crippen molar-refractivity contribution in [2.45, 2.75) is 38.5 Å². The lowest BCUT2D eigenvalue weighted by atomic mass is 10.0. The fourth-order valence-corrected chi connectivity index (χ4v) is 3.42. The summed E-state index contributed by atoms with van der Waals surface area (Å²) in [7, 11) is 0. The van der Waals surface area contributed by atoms with E-state index in [9.17, 15) is 10.1 Å². The molecule has 25 heavy (non-hydrogen) atoms. The van der Waals surface area contributed by atoms with Gasteiger partial charge in [0.1, 0.15) is 11.8 Å². The first-order valence-electron chi connectivity index (χ1n) is 8.61. The fraction of sp³-hybridized carbons (Fsp3) is 0.421. The van der Waals surface area contributed by atoms with E-state index in [1.54, 1.807) is 6.07 Å². The van der Waals surface area contributed by atoms with Crippen molar-refractivity contribution in [3.63, 3.8) is 0 Å². The van der Waals surface area contributed by atoms with Crippen molar-refractivity contribution in [1.29, 1.82) is 5.26 Å². The summed E-state index contributed by atoms with van der Waals surface area (Å²) >= 11 is 6.17. The number of nitriles is 1. The number of allylic oxidation sites excluding steroid dienone is 1. The quantitative estimate of drug-likeness (QED) is 0.369. The van der Waals surface area contributed by atoms with Crippen molar-refractivity contribution in [3.05, 3.63) is 35.5 Å². The van der Waals surface area contributed by atoms with E-state index in [2.05, 4.69) is 10.3 Å². The highest BCUT2D eigenvalue weighted by Gasteiger charge is 2.25. The first kappa shape index (κ1) is 17.5. The lowest BCUT2D eigenvalue weighted by Gasteiger charge is -2.19. The number of para-hydroxylation sites is 2. The van der Waals surface area contributed by atoms with Crippen molar-refractivity contribution >= 4 is 34.1 Å². The second kappa shape index (κ2) is 8.17. The lowest BCUT2D eigenvalue weighted by molar-refractivity contribution is -0.140. The summed E-state index contributed by atoms with van der Waals surface area (Å²) in [4.78, 5) is 16.6. The van der Waals surface area contributed by atoms with Crippen LogP contribution in [0.2, 0.25) is 0 Å². The summed E-state index contributed by atoms with van der Waals surface area (Å²) in [5, 5.41) is 12.5. The summed E-state index contributed by atoms with van der Waals surface area (Å²) in [5.74, 6) is -0.275. The maximum absolute atomic E-state index is 12.4. The summed E-state index contributed by atoms with van der Waals surface area (Å²) in [5.41, 5.74) is 1.43. The van der Waals surface area contributed by atoms with Gasteiger partial charge >= 0.3 is 5.97 Å². The SMILES string of the molecule is N#C/C(C(=O)OCC1CCCCCC1)=C1/Nc2ccccc2N=C1Cl. The highest BCUT2D eigenvalue weighted by Crippen LogP contribution is 2.32. The van der Waals surface area contributed by atoms with Crippen LogP contribution in [0.15, 0.2) is 40.5 Å². The van der Waals surface area contributed by atoms with E-state index in [-0.39, 0.29) is 16.4 Å². The molecule has 1 saturated carbocycles. The van der Waals surface area contributed by atoms with Crippen LogP contribution >= 0.6 is 11.6 Å². The van der Waals surface area contributed by atoms with Gasteiger partial charge in [-0.2, -0.15) is 5.26 Å². The molecule has 0 amide bonds. The molecule has 5 nitrogen and oxygen atoms in total. The molecule has 1 N–H and O–H groups in total. The molecular weight excluding hydrogens is 338 g/mol. The first-order valence-corrected chi connectivity index (χ1v) is 8.99. The number of halogens is 1. The van der Waals surface area contributed by atoms with E-state index in [4.69, 9.17) is 16.3 Å². The number of nitrogens with zero attached hydrogens (tertiary/aromatic N) is 2. The molecule has 130 valence electrons. The van der Waals surface area contributed by atoms with Crippen LogP contribution in [0, 0.1) is 17.2 Å². The van der Waals surface area contributed by atoms with E-state index in [0.717, 1.165) is 12.8 Å². The number of benzene rings is 1. The highest BCUT2D eigenvalue weighted by atomic mass is 35.5. The van der Waals surface area contributed by atoms with Gasteiger partial charge < -0.3 is 10.1 Å². The molecular formula is C19H20ClN3O2. The fourth-order valence-electron chi connectivity index (χ4n) is 3.19. The number of carbonyl (C=O) groups is 1. The highest BCUT2D eigenvalue weighted by molar-refractivity contribution is 6.70. The molecule has 6 heteroatoms. The van der Waals surface area contributed by atoms with Crippen molar-refractivity contribution in [2.24, 2.45) is 10.9 Å². The van der Waals surface area contributed by atoms with Gasteiger partial charge in [-0.05, 0) is 30.9 Å². The third-order valence-corrected chi connectivity index (χ3v) is 4.85. The number of aliphatic imine (C=N–C) groups is 1. The molecule has 0 aromatic heterocycles. The molecule has 0 atom stereocenters. The average Bonchev–Trinajstić information content (AvgIpc) is 2.90. The molecule has 1 fully saturated rings. The van der Waals surface area contributed by atoms with E-state index < -0.39 is 5.97 Å². The molecule has 0 unspecified atom stereocenters. The molecule has 1 aliphatic carbocycles. The largest absolute Gasteiger partial charge is 0.461 e.